The second-order valence-corrected chi connectivity index (χ2v) is 5.53. The maximum Gasteiger partial charge on any atom is 0.271 e. The predicted molar refractivity (Wildman–Crippen MR) is 95.9 cm³/mol. The van der Waals surface area contributed by atoms with Crippen molar-refractivity contribution in [3.05, 3.63) is 52.1 Å². The second kappa shape index (κ2) is 7.23. The summed E-state index contributed by atoms with van der Waals surface area (Å²) in [6.07, 6.45) is 0. The molecule has 2 aromatic carbocycles. The lowest BCUT2D eigenvalue weighted by atomic mass is 10.2. The summed E-state index contributed by atoms with van der Waals surface area (Å²) < 4.78 is 15.5. The lowest BCUT2D eigenvalue weighted by Crippen LogP contribution is -2.34. The van der Waals surface area contributed by atoms with Crippen molar-refractivity contribution in [1.29, 1.82) is 0 Å². The van der Waals surface area contributed by atoms with Crippen molar-refractivity contribution in [1.82, 2.24) is 5.32 Å². The molecule has 2 N–H and O–H groups in total. The van der Waals surface area contributed by atoms with E-state index in [0.29, 0.717) is 22.8 Å². The number of nitro benzene ring substituents is 1. The van der Waals surface area contributed by atoms with Crippen LogP contribution in [0, 0.1) is 10.1 Å². The number of amides is 1. The third-order valence-electron chi connectivity index (χ3n) is 3.50. The molecule has 0 aliphatic carbocycles. The Morgan fingerprint density at radius 2 is 2.00 bits per heavy atom. The lowest BCUT2D eigenvalue weighted by Gasteiger charge is -2.12. The number of methoxy groups -OCH3 is 1. The molecule has 0 spiro atoms. The number of carbonyl (C=O) groups excluding carboxylic acids is 1. The van der Waals surface area contributed by atoms with Crippen molar-refractivity contribution in [2.75, 3.05) is 19.2 Å². The van der Waals surface area contributed by atoms with Crippen molar-refractivity contribution >= 4 is 34.6 Å². The van der Waals surface area contributed by atoms with Crippen LogP contribution >= 0.6 is 12.2 Å². The third kappa shape index (κ3) is 3.64. The summed E-state index contributed by atoms with van der Waals surface area (Å²) >= 11 is 5.10. The first-order valence-corrected chi connectivity index (χ1v) is 7.73. The fourth-order valence-electron chi connectivity index (χ4n) is 2.27. The number of nitro groups is 1. The monoisotopic (exact) mass is 375 g/mol. The Balaban J connectivity index is 1.71. The molecule has 0 fully saturated rings. The summed E-state index contributed by atoms with van der Waals surface area (Å²) in [7, 11) is 1.42. The number of rotatable bonds is 4. The van der Waals surface area contributed by atoms with Crippen LogP contribution in [0.2, 0.25) is 0 Å². The Hall–Kier alpha value is -3.40. The molecule has 0 bridgehead atoms. The fourth-order valence-corrected chi connectivity index (χ4v) is 2.48. The maximum absolute atomic E-state index is 12.3. The van der Waals surface area contributed by atoms with E-state index in [1.807, 2.05) is 0 Å². The van der Waals surface area contributed by atoms with Crippen LogP contribution in [0.25, 0.3) is 0 Å². The molecular weight excluding hydrogens is 362 g/mol. The van der Waals surface area contributed by atoms with Gasteiger partial charge in [0, 0.05) is 17.7 Å². The molecule has 1 amide bonds. The Kier molecular flexibility index (Phi) is 4.85. The van der Waals surface area contributed by atoms with Crippen LogP contribution in [-0.4, -0.2) is 29.8 Å². The van der Waals surface area contributed by atoms with Crippen LogP contribution in [0.15, 0.2) is 36.4 Å². The van der Waals surface area contributed by atoms with Gasteiger partial charge in [0.1, 0.15) is 5.75 Å². The van der Waals surface area contributed by atoms with E-state index in [0.717, 1.165) is 0 Å². The number of benzene rings is 2. The molecule has 0 aromatic heterocycles. The number of thiocarbonyl (C=S) groups is 1. The Morgan fingerprint density at radius 3 is 2.73 bits per heavy atom. The van der Waals surface area contributed by atoms with Gasteiger partial charge in [0.2, 0.25) is 6.79 Å². The second-order valence-electron chi connectivity index (χ2n) is 5.12. The predicted octanol–water partition coefficient (Wildman–Crippen LogP) is 2.46. The van der Waals surface area contributed by atoms with E-state index in [-0.39, 0.29) is 23.3 Å². The first-order valence-electron chi connectivity index (χ1n) is 7.32. The largest absolute Gasteiger partial charge is 0.495 e. The number of hydrogen-bond acceptors (Lipinski definition) is 7. The molecular formula is C16H13N3O6S. The molecule has 0 saturated carbocycles. The summed E-state index contributed by atoms with van der Waals surface area (Å²) in [5.41, 5.74) is 0.445. The number of nitrogens with zero attached hydrogens (tertiary/aromatic N) is 1. The summed E-state index contributed by atoms with van der Waals surface area (Å²) in [5, 5.41) is 16.1. The number of nitrogens with one attached hydrogen (secondary N) is 2. The first-order chi connectivity index (χ1) is 12.5. The van der Waals surface area contributed by atoms with E-state index in [1.54, 1.807) is 12.1 Å². The van der Waals surface area contributed by atoms with Crippen LogP contribution in [0.1, 0.15) is 10.4 Å². The highest BCUT2D eigenvalue weighted by Crippen LogP contribution is 2.32. The fraction of sp³-hybridized carbons (Fsp3) is 0.125. The highest BCUT2D eigenvalue weighted by Gasteiger charge is 2.18. The molecule has 10 heteroatoms. The SMILES string of the molecule is COc1ccc([N+](=O)[O-])cc1NC(=S)NC(=O)c1ccc2c(c1)OCO2. The smallest absolute Gasteiger partial charge is 0.271 e. The third-order valence-corrected chi connectivity index (χ3v) is 3.71. The zero-order valence-electron chi connectivity index (χ0n) is 13.5. The van der Waals surface area contributed by atoms with Crippen molar-refractivity contribution in [3.63, 3.8) is 0 Å². The average Bonchev–Trinajstić information content (AvgIpc) is 3.09. The van der Waals surface area contributed by atoms with Crippen LogP contribution < -0.4 is 24.8 Å². The minimum absolute atomic E-state index is 0.0357. The molecule has 3 rings (SSSR count). The molecule has 1 aliphatic rings. The summed E-state index contributed by atoms with van der Waals surface area (Å²) in [6, 6.07) is 8.73. The van der Waals surface area contributed by atoms with Gasteiger partial charge in [-0.15, -0.1) is 0 Å². The highest BCUT2D eigenvalue weighted by atomic mass is 32.1. The van der Waals surface area contributed by atoms with Gasteiger partial charge in [-0.2, -0.15) is 0 Å². The lowest BCUT2D eigenvalue weighted by molar-refractivity contribution is -0.384. The topological polar surface area (TPSA) is 112 Å². The van der Waals surface area contributed by atoms with E-state index in [9.17, 15) is 14.9 Å². The number of anilines is 1. The quantitative estimate of drug-likeness (QED) is 0.476. The van der Waals surface area contributed by atoms with Gasteiger partial charge in [0.25, 0.3) is 11.6 Å². The van der Waals surface area contributed by atoms with Crippen molar-refractivity contribution in [2.45, 2.75) is 0 Å². The molecule has 2 aromatic rings. The minimum atomic E-state index is -0.543. The molecule has 1 aliphatic heterocycles. The Morgan fingerprint density at radius 1 is 1.23 bits per heavy atom. The van der Waals surface area contributed by atoms with E-state index in [2.05, 4.69) is 10.6 Å². The zero-order valence-corrected chi connectivity index (χ0v) is 14.3. The summed E-state index contributed by atoms with van der Waals surface area (Å²) in [4.78, 5) is 22.7. The van der Waals surface area contributed by atoms with Gasteiger partial charge in [-0.05, 0) is 36.5 Å². The van der Waals surface area contributed by atoms with Crippen LogP contribution in [0.5, 0.6) is 17.2 Å². The van der Waals surface area contributed by atoms with Gasteiger partial charge < -0.3 is 19.5 Å². The number of fused-ring (bicyclic) bond motifs is 1. The number of non-ortho nitro benzene ring substituents is 1. The zero-order chi connectivity index (χ0) is 18.7. The minimum Gasteiger partial charge on any atom is -0.495 e. The molecule has 0 unspecified atom stereocenters. The maximum atomic E-state index is 12.3. The number of hydrogen-bond donors (Lipinski definition) is 2. The average molecular weight is 375 g/mol. The van der Waals surface area contributed by atoms with E-state index in [4.69, 9.17) is 26.4 Å². The van der Waals surface area contributed by atoms with Crippen LogP contribution in [0.4, 0.5) is 11.4 Å². The standard InChI is InChI=1S/C16H13N3O6S/c1-23-12-5-3-10(19(21)22)7-11(12)17-16(26)18-15(20)9-2-4-13-14(6-9)25-8-24-13/h2-7H,8H2,1H3,(H2,17,18,20,26). The number of carbonyl (C=O) groups is 1. The van der Waals surface area contributed by atoms with Gasteiger partial charge in [0.15, 0.2) is 16.6 Å². The van der Waals surface area contributed by atoms with Crippen LogP contribution in [0.3, 0.4) is 0 Å². The van der Waals surface area contributed by atoms with E-state index < -0.39 is 10.8 Å². The van der Waals surface area contributed by atoms with Gasteiger partial charge in [-0.3, -0.25) is 20.2 Å². The van der Waals surface area contributed by atoms with Gasteiger partial charge in [0.05, 0.1) is 17.7 Å². The molecule has 134 valence electrons. The Bertz CT molecular complexity index is 902. The van der Waals surface area contributed by atoms with Gasteiger partial charge in [-0.1, -0.05) is 0 Å². The molecule has 1 heterocycles. The molecule has 9 nitrogen and oxygen atoms in total. The van der Waals surface area contributed by atoms with Crippen LogP contribution in [-0.2, 0) is 0 Å². The van der Waals surface area contributed by atoms with Crippen molar-refractivity contribution < 1.29 is 23.9 Å². The molecule has 0 saturated heterocycles. The Labute approximate surface area is 153 Å². The first kappa shape index (κ1) is 17.4. The molecule has 0 atom stereocenters. The molecule has 0 radical (unpaired) electrons. The van der Waals surface area contributed by atoms with Gasteiger partial charge in [-0.25, -0.2) is 0 Å². The van der Waals surface area contributed by atoms with Crippen molar-refractivity contribution in [3.8, 4) is 17.2 Å². The normalized spacial score (nSPS) is 11.6. The highest BCUT2D eigenvalue weighted by molar-refractivity contribution is 7.80. The molecule has 26 heavy (non-hydrogen) atoms. The number of ether oxygens (including phenoxy) is 3. The van der Waals surface area contributed by atoms with E-state index in [1.165, 1.54) is 31.4 Å². The van der Waals surface area contributed by atoms with E-state index >= 15 is 0 Å². The summed E-state index contributed by atoms with van der Waals surface area (Å²) in [6.45, 7) is 0.104. The summed E-state index contributed by atoms with van der Waals surface area (Å²) in [5.74, 6) is 0.904. The van der Waals surface area contributed by atoms with Crippen molar-refractivity contribution in [2.24, 2.45) is 0 Å². The van der Waals surface area contributed by atoms with Gasteiger partial charge >= 0.3 is 0 Å².